The molecule has 0 aromatic heterocycles. The molecule has 0 aromatic rings. The Labute approximate surface area is 243 Å². The highest BCUT2D eigenvalue weighted by Crippen LogP contribution is 1.98. The van der Waals surface area contributed by atoms with Crippen LogP contribution in [0.15, 0.2) is 0 Å². The minimum absolute atomic E-state index is 0.144. The third-order valence-corrected chi connectivity index (χ3v) is 6.62. The Morgan fingerprint density at radius 1 is 0.625 bits per heavy atom. The van der Waals surface area contributed by atoms with E-state index in [2.05, 4.69) is 47.6 Å². The van der Waals surface area contributed by atoms with Gasteiger partial charge in [-0.1, -0.05) is 19.8 Å². The molecule has 40 heavy (non-hydrogen) atoms. The molecule has 0 aliphatic carbocycles. The molecule has 0 heterocycles. The number of amides is 1. The number of hydrogen-bond acceptors (Lipinski definition) is 12. The zero-order valence-electron chi connectivity index (χ0n) is 25.6. The van der Waals surface area contributed by atoms with Crippen LogP contribution in [-0.4, -0.2) is 158 Å². The zero-order valence-corrected chi connectivity index (χ0v) is 25.6. The fraction of sp³-hybridized carbons (Fsp3) is 0.926. The minimum Gasteiger partial charge on any atom is -0.468 e. The highest BCUT2D eigenvalue weighted by atomic mass is 16.5. The van der Waals surface area contributed by atoms with Gasteiger partial charge in [0.15, 0.2) is 0 Å². The molecule has 0 unspecified atom stereocenters. The Balaban J connectivity index is 4.40. The number of nitrogens with one attached hydrogen (secondary N) is 4. The van der Waals surface area contributed by atoms with Gasteiger partial charge in [-0.2, -0.15) is 0 Å². The number of hydrogen-bond donors (Lipinski definition) is 7. The van der Waals surface area contributed by atoms with Crippen molar-refractivity contribution in [2.45, 2.75) is 32.6 Å². The summed E-state index contributed by atoms with van der Waals surface area (Å²) in [5, 5.41) is 13.1. The number of nitrogens with two attached hydrogens (primary N) is 3. The van der Waals surface area contributed by atoms with Gasteiger partial charge in [0.1, 0.15) is 0 Å². The van der Waals surface area contributed by atoms with Crippen LogP contribution in [0.25, 0.3) is 0 Å². The van der Waals surface area contributed by atoms with Crippen molar-refractivity contribution in [2.75, 3.05) is 131 Å². The standard InChI is InChI=1S/C27H62N10O3/c1-3-4-5-6-26(38)34-11-10-31-12-20-37(24-23-35(16-7-28)17-8-29)21-14-32-13-19-36(18-9-30)22-15-33-25-27(39)40-2/h31-33H,3-25,28-30H2,1-2H3,(H,34,38). The maximum atomic E-state index is 11.9. The molecular weight excluding hydrogens is 512 g/mol. The number of ether oxygens (including phenoxy) is 1. The van der Waals surface area contributed by atoms with E-state index >= 15 is 0 Å². The highest BCUT2D eigenvalue weighted by molar-refractivity contribution is 5.75. The Morgan fingerprint density at radius 3 is 1.60 bits per heavy atom. The van der Waals surface area contributed by atoms with E-state index in [9.17, 15) is 9.59 Å². The van der Waals surface area contributed by atoms with Gasteiger partial charge in [0.2, 0.25) is 5.91 Å². The van der Waals surface area contributed by atoms with Crippen molar-refractivity contribution < 1.29 is 14.3 Å². The first-order valence-corrected chi connectivity index (χ1v) is 15.2. The van der Waals surface area contributed by atoms with Crippen LogP contribution in [0.1, 0.15) is 32.6 Å². The van der Waals surface area contributed by atoms with E-state index in [0.717, 1.165) is 104 Å². The van der Waals surface area contributed by atoms with Crippen molar-refractivity contribution in [3.8, 4) is 0 Å². The summed E-state index contributed by atoms with van der Waals surface area (Å²) in [6, 6.07) is 0. The van der Waals surface area contributed by atoms with Crippen molar-refractivity contribution in [2.24, 2.45) is 17.2 Å². The second-order valence-corrected chi connectivity index (χ2v) is 9.95. The SMILES string of the molecule is CCCCCC(=O)NCCNCCN(CCNCCN(CCN)CCNCC(=O)OC)CCN(CCN)CCN. The molecule has 238 valence electrons. The smallest absolute Gasteiger partial charge is 0.319 e. The van der Waals surface area contributed by atoms with Crippen LogP contribution in [0.5, 0.6) is 0 Å². The van der Waals surface area contributed by atoms with Crippen LogP contribution < -0.4 is 38.5 Å². The van der Waals surface area contributed by atoms with Crippen molar-refractivity contribution in [1.29, 1.82) is 0 Å². The Kier molecular flexibility index (Phi) is 28.1. The average Bonchev–Trinajstić information content (AvgIpc) is 2.95. The van der Waals surface area contributed by atoms with Crippen LogP contribution in [0.4, 0.5) is 0 Å². The van der Waals surface area contributed by atoms with E-state index in [1.807, 2.05) is 0 Å². The number of unbranched alkanes of at least 4 members (excludes halogenated alkanes) is 2. The Morgan fingerprint density at radius 2 is 1.10 bits per heavy atom. The van der Waals surface area contributed by atoms with Crippen LogP contribution >= 0.6 is 0 Å². The van der Waals surface area contributed by atoms with Gasteiger partial charge in [0.05, 0.1) is 13.7 Å². The molecule has 0 saturated carbocycles. The Bertz CT molecular complexity index is 583. The number of carbonyl (C=O) groups is 2. The lowest BCUT2D eigenvalue weighted by atomic mass is 10.2. The second kappa shape index (κ2) is 29.1. The van der Waals surface area contributed by atoms with Crippen LogP contribution in [0, 0.1) is 0 Å². The lowest BCUT2D eigenvalue weighted by molar-refractivity contribution is -0.139. The van der Waals surface area contributed by atoms with Gasteiger partial charge in [-0.25, -0.2) is 0 Å². The lowest BCUT2D eigenvalue weighted by Crippen LogP contribution is -2.45. The first-order valence-electron chi connectivity index (χ1n) is 15.2. The fourth-order valence-electron chi connectivity index (χ4n) is 4.21. The summed E-state index contributed by atoms with van der Waals surface area (Å²) in [6.45, 7) is 17.0. The van der Waals surface area contributed by atoms with Crippen LogP contribution in [0.3, 0.4) is 0 Å². The summed E-state index contributed by atoms with van der Waals surface area (Å²) in [5.41, 5.74) is 17.3. The number of esters is 1. The van der Waals surface area contributed by atoms with E-state index < -0.39 is 0 Å². The van der Waals surface area contributed by atoms with E-state index in [0.29, 0.717) is 39.1 Å². The van der Waals surface area contributed by atoms with Crippen molar-refractivity contribution in [3.63, 3.8) is 0 Å². The molecular formula is C27H62N10O3. The second-order valence-electron chi connectivity index (χ2n) is 9.95. The quantitative estimate of drug-likeness (QED) is 0.0352. The molecule has 0 saturated heterocycles. The van der Waals surface area contributed by atoms with Gasteiger partial charge in [0, 0.05) is 124 Å². The molecule has 0 aliphatic rings. The van der Waals surface area contributed by atoms with Gasteiger partial charge in [-0.05, 0) is 6.42 Å². The van der Waals surface area contributed by atoms with Crippen LogP contribution in [-0.2, 0) is 14.3 Å². The topological polar surface area (TPSA) is 179 Å². The first-order chi connectivity index (χ1) is 19.5. The van der Waals surface area contributed by atoms with Crippen molar-refractivity contribution >= 4 is 11.9 Å². The summed E-state index contributed by atoms with van der Waals surface area (Å²) < 4.78 is 4.65. The van der Waals surface area contributed by atoms with E-state index in [-0.39, 0.29) is 18.4 Å². The van der Waals surface area contributed by atoms with E-state index in [4.69, 9.17) is 17.2 Å². The summed E-state index contributed by atoms with van der Waals surface area (Å²) in [5.74, 6) is -0.115. The predicted octanol–water partition coefficient (Wildman–Crippen LogP) is -2.59. The van der Waals surface area contributed by atoms with Crippen molar-refractivity contribution in [1.82, 2.24) is 36.0 Å². The molecule has 0 aromatic carbocycles. The van der Waals surface area contributed by atoms with Gasteiger partial charge >= 0.3 is 5.97 Å². The summed E-state index contributed by atoms with van der Waals surface area (Å²) in [6.07, 6.45) is 3.81. The largest absolute Gasteiger partial charge is 0.468 e. The van der Waals surface area contributed by atoms with Crippen molar-refractivity contribution in [3.05, 3.63) is 0 Å². The molecule has 0 radical (unpaired) electrons. The monoisotopic (exact) mass is 575 g/mol. The average molecular weight is 575 g/mol. The predicted molar refractivity (Wildman–Crippen MR) is 164 cm³/mol. The summed E-state index contributed by atoms with van der Waals surface area (Å²) in [4.78, 5) is 30.2. The number of carbonyl (C=O) groups excluding carboxylic acids is 2. The van der Waals surface area contributed by atoms with Gasteiger partial charge < -0.3 is 43.2 Å². The molecule has 0 atom stereocenters. The van der Waals surface area contributed by atoms with Gasteiger partial charge in [0.25, 0.3) is 0 Å². The van der Waals surface area contributed by atoms with Gasteiger partial charge in [-0.15, -0.1) is 0 Å². The van der Waals surface area contributed by atoms with E-state index in [1.165, 1.54) is 7.11 Å². The molecule has 1 amide bonds. The number of methoxy groups -OCH3 is 1. The summed E-state index contributed by atoms with van der Waals surface area (Å²) >= 11 is 0. The third-order valence-electron chi connectivity index (χ3n) is 6.62. The molecule has 0 rings (SSSR count). The number of rotatable bonds is 30. The third kappa shape index (κ3) is 24.4. The molecule has 13 nitrogen and oxygen atoms in total. The molecule has 0 spiro atoms. The van der Waals surface area contributed by atoms with E-state index in [1.54, 1.807) is 0 Å². The van der Waals surface area contributed by atoms with Crippen LogP contribution in [0.2, 0.25) is 0 Å². The lowest BCUT2D eigenvalue weighted by Gasteiger charge is -2.28. The highest BCUT2D eigenvalue weighted by Gasteiger charge is 2.10. The number of nitrogens with zero attached hydrogens (tertiary/aromatic N) is 3. The molecule has 0 aliphatic heterocycles. The molecule has 0 bridgehead atoms. The summed E-state index contributed by atoms with van der Waals surface area (Å²) in [7, 11) is 1.39. The zero-order chi connectivity index (χ0) is 29.7. The fourth-order valence-corrected chi connectivity index (χ4v) is 4.21. The normalized spacial score (nSPS) is 11.6. The maximum Gasteiger partial charge on any atom is 0.319 e. The molecule has 0 fully saturated rings. The minimum atomic E-state index is -0.259. The maximum absolute atomic E-state index is 11.9. The molecule has 10 N–H and O–H groups in total. The Hall–Kier alpha value is -1.42. The first kappa shape index (κ1) is 38.6. The molecule has 13 heteroatoms. The van der Waals surface area contributed by atoms with Gasteiger partial charge in [-0.3, -0.25) is 24.3 Å².